The van der Waals surface area contributed by atoms with Crippen LogP contribution < -0.4 is 9.46 Å². The standard InChI is InChI=1S/C18H18N4O3S/c23-26(24,16-6-7-18-15(12-16)8-11-25-18)21-17(13-22-19-9-10-20-22)14-4-2-1-3-5-14/h1-7,9-10,12,17,21H,8,11,13H2. The molecule has 1 atom stereocenters. The number of aromatic nitrogens is 3. The molecule has 8 heteroatoms. The summed E-state index contributed by atoms with van der Waals surface area (Å²) in [6.07, 6.45) is 3.85. The van der Waals surface area contributed by atoms with Crippen molar-refractivity contribution in [3.05, 3.63) is 72.1 Å². The lowest BCUT2D eigenvalue weighted by atomic mass is 10.1. The zero-order valence-electron chi connectivity index (χ0n) is 13.9. The van der Waals surface area contributed by atoms with Gasteiger partial charge in [-0.2, -0.15) is 15.0 Å². The average molecular weight is 370 g/mol. The van der Waals surface area contributed by atoms with Crippen LogP contribution in [0.25, 0.3) is 0 Å². The Labute approximate surface area is 151 Å². The lowest BCUT2D eigenvalue weighted by Crippen LogP contribution is -2.32. The molecule has 0 amide bonds. The molecule has 0 fully saturated rings. The third kappa shape index (κ3) is 3.47. The monoisotopic (exact) mass is 370 g/mol. The van der Waals surface area contributed by atoms with Crippen LogP contribution in [0.3, 0.4) is 0 Å². The summed E-state index contributed by atoms with van der Waals surface area (Å²) in [5, 5.41) is 8.17. The van der Waals surface area contributed by atoms with Crippen molar-refractivity contribution in [3.63, 3.8) is 0 Å². The van der Waals surface area contributed by atoms with E-state index < -0.39 is 16.1 Å². The predicted octanol–water partition coefficient (Wildman–Crippen LogP) is 1.93. The molecule has 3 aromatic rings. The van der Waals surface area contributed by atoms with Crippen LogP contribution in [-0.4, -0.2) is 30.0 Å². The Kier molecular flexibility index (Phi) is 4.44. The Morgan fingerprint density at radius 3 is 2.65 bits per heavy atom. The number of fused-ring (bicyclic) bond motifs is 1. The zero-order valence-corrected chi connectivity index (χ0v) is 14.8. The molecular weight excluding hydrogens is 352 g/mol. The van der Waals surface area contributed by atoms with Gasteiger partial charge in [-0.3, -0.25) is 0 Å². The maximum absolute atomic E-state index is 12.9. The molecule has 1 N–H and O–H groups in total. The maximum Gasteiger partial charge on any atom is 0.241 e. The first-order chi connectivity index (χ1) is 12.6. The van der Waals surface area contributed by atoms with Crippen molar-refractivity contribution >= 4 is 10.0 Å². The number of sulfonamides is 1. The van der Waals surface area contributed by atoms with Gasteiger partial charge in [0.1, 0.15) is 5.75 Å². The molecule has 0 spiro atoms. The van der Waals surface area contributed by atoms with Crippen LogP contribution in [0.1, 0.15) is 17.2 Å². The number of nitrogens with one attached hydrogen (secondary N) is 1. The molecule has 1 aliphatic heterocycles. The van der Waals surface area contributed by atoms with Gasteiger partial charge < -0.3 is 4.74 Å². The first-order valence-corrected chi connectivity index (χ1v) is 9.77. The van der Waals surface area contributed by atoms with Gasteiger partial charge in [-0.15, -0.1) is 0 Å². The van der Waals surface area contributed by atoms with Crippen LogP contribution in [0.2, 0.25) is 0 Å². The second-order valence-electron chi connectivity index (χ2n) is 6.04. The highest BCUT2D eigenvalue weighted by Crippen LogP contribution is 2.28. The van der Waals surface area contributed by atoms with Gasteiger partial charge in [0.25, 0.3) is 0 Å². The summed E-state index contributed by atoms with van der Waals surface area (Å²) in [4.78, 5) is 1.70. The normalized spacial score (nSPS) is 14.6. The van der Waals surface area contributed by atoms with Gasteiger partial charge in [0.2, 0.25) is 10.0 Å². The van der Waals surface area contributed by atoms with Crippen LogP contribution in [-0.2, 0) is 23.0 Å². The number of benzene rings is 2. The Hall–Kier alpha value is -2.71. The van der Waals surface area contributed by atoms with Gasteiger partial charge in [0.05, 0.1) is 36.5 Å². The molecule has 134 valence electrons. The van der Waals surface area contributed by atoms with E-state index in [0.29, 0.717) is 13.2 Å². The van der Waals surface area contributed by atoms with E-state index in [-0.39, 0.29) is 4.90 Å². The second-order valence-corrected chi connectivity index (χ2v) is 7.75. The molecular formula is C18H18N4O3S. The fraction of sp³-hybridized carbons (Fsp3) is 0.222. The van der Waals surface area contributed by atoms with E-state index in [1.54, 1.807) is 30.6 Å². The molecule has 2 aromatic carbocycles. The van der Waals surface area contributed by atoms with Crippen LogP contribution in [0, 0.1) is 0 Å². The van der Waals surface area contributed by atoms with Gasteiger partial charge in [0.15, 0.2) is 0 Å². The van der Waals surface area contributed by atoms with Crippen molar-refractivity contribution in [1.29, 1.82) is 0 Å². The minimum absolute atomic E-state index is 0.233. The van der Waals surface area contributed by atoms with E-state index in [1.165, 1.54) is 4.80 Å². The summed E-state index contributed by atoms with van der Waals surface area (Å²) in [6, 6.07) is 13.9. The number of ether oxygens (including phenoxy) is 1. The smallest absolute Gasteiger partial charge is 0.241 e. The molecule has 0 radical (unpaired) electrons. The quantitative estimate of drug-likeness (QED) is 0.717. The van der Waals surface area contributed by atoms with Gasteiger partial charge in [0, 0.05) is 6.42 Å². The van der Waals surface area contributed by atoms with Crippen LogP contribution >= 0.6 is 0 Å². The topological polar surface area (TPSA) is 86.1 Å². The summed E-state index contributed by atoms with van der Waals surface area (Å²) < 4.78 is 34.1. The molecule has 1 aromatic heterocycles. The number of hydrogen-bond acceptors (Lipinski definition) is 5. The maximum atomic E-state index is 12.9. The molecule has 2 heterocycles. The fourth-order valence-electron chi connectivity index (χ4n) is 2.98. The van der Waals surface area contributed by atoms with Crippen LogP contribution in [0.5, 0.6) is 5.75 Å². The minimum Gasteiger partial charge on any atom is -0.493 e. The average Bonchev–Trinajstić information content (AvgIpc) is 3.32. The molecule has 0 bridgehead atoms. The van der Waals surface area contributed by atoms with Crippen molar-refractivity contribution in [3.8, 4) is 5.75 Å². The second kappa shape index (κ2) is 6.89. The molecule has 1 unspecified atom stereocenters. The largest absolute Gasteiger partial charge is 0.493 e. The van der Waals surface area contributed by atoms with E-state index >= 15 is 0 Å². The summed E-state index contributed by atoms with van der Waals surface area (Å²) in [5.41, 5.74) is 1.76. The summed E-state index contributed by atoms with van der Waals surface area (Å²) in [7, 11) is -3.71. The lowest BCUT2D eigenvalue weighted by molar-refractivity contribution is 0.356. The van der Waals surface area contributed by atoms with Crippen molar-refractivity contribution in [2.75, 3.05) is 6.61 Å². The van der Waals surface area contributed by atoms with Crippen molar-refractivity contribution in [1.82, 2.24) is 19.7 Å². The van der Waals surface area contributed by atoms with Gasteiger partial charge in [-0.05, 0) is 29.3 Å². The van der Waals surface area contributed by atoms with Crippen molar-refractivity contribution in [2.24, 2.45) is 0 Å². The molecule has 0 aliphatic carbocycles. The number of rotatable bonds is 6. The van der Waals surface area contributed by atoms with Gasteiger partial charge in [-0.1, -0.05) is 30.3 Å². The zero-order chi connectivity index (χ0) is 18.0. The molecule has 0 saturated heterocycles. The first-order valence-electron chi connectivity index (χ1n) is 8.29. The predicted molar refractivity (Wildman–Crippen MR) is 95.2 cm³/mol. The lowest BCUT2D eigenvalue weighted by Gasteiger charge is -2.19. The minimum atomic E-state index is -3.71. The SMILES string of the molecule is O=S(=O)(NC(Cn1nccn1)c1ccccc1)c1ccc2c(c1)CCO2. The Morgan fingerprint density at radius 1 is 1.12 bits per heavy atom. The van der Waals surface area contributed by atoms with Gasteiger partial charge in [-0.25, -0.2) is 13.1 Å². The first kappa shape index (κ1) is 16.7. The molecule has 26 heavy (non-hydrogen) atoms. The van der Waals surface area contributed by atoms with E-state index in [0.717, 1.165) is 23.3 Å². The third-order valence-corrected chi connectivity index (χ3v) is 5.75. The summed E-state index contributed by atoms with van der Waals surface area (Å²) >= 11 is 0. The Morgan fingerprint density at radius 2 is 1.88 bits per heavy atom. The van der Waals surface area contributed by atoms with Crippen LogP contribution in [0.4, 0.5) is 0 Å². The molecule has 4 rings (SSSR count). The van der Waals surface area contributed by atoms with E-state index in [4.69, 9.17) is 4.74 Å². The van der Waals surface area contributed by atoms with E-state index in [2.05, 4.69) is 14.9 Å². The highest BCUT2D eigenvalue weighted by atomic mass is 32.2. The molecule has 0 saturated carbocycles. The summed E-state index contributed by atoms with van der Waals surface area (Å²) in [5.74, 6) is 0.754. The van der Waals surface area contributed by atoms with Crippen molar-refractivity contribution in [2.45, 2.75) is 23.9 Å². The third-order valence-electron chi connectivity index (χ3n) is 4.28. The number of hydrogen-bond donors (Lipinski definition) is 1. The molecule has 7 nitrogen and oxygen atoms in total. The van der Waals surface area contributed by atoms with E-state index in [9.17, 15) is 8.42 Å². The molecule has 1 aliphatic rings. The Bertz CT molecular complexity index is 989. The highest BCUT2D eigenvalue weighted by molar-refractivity contribution is 7.89. The van der Waals surface area contributed by atoms with Gasteiger partial charge >= 0.3 is 0 Å². The van der Waals surface area contributed by atoms with Crippen LogP contribution in [0.15, 0.2) is 65.8 Å². The number of nitrogens with zero attached hydrogens (tertiary/aromatic N) is 3. The van der Waals surface area contributed by atoms with E-state index in [1.807, 2.05) is 30.3 Å². The Balaban J connectivity index is 1.63. The fourth-order valence-corrected chi connectivity index (χ4v) is 4.25. The highest BCUT2D eigenvalue weighted by Gasteiger charge is 2.24. The summed E-state index contributed by atoms with van der Waals surface area (Å²) in [6.45, 7) is 0.883. The van der Waals surface area contributed by atoms with Crippen molar-refractivity contribution < 1.29 is 13.2 Å².